The molecule has 0 amide bonds. The van der Waals surface area contributed by atoms with Gasteiger partial charge in [-0.15, -0.1) is 0 Å². The van der Waals surface area contributed by atoms with Crippen LogP contribution in [0.25, 0.3) is 0 Å². The Morgan fingerprint density at radius 2 is 1.54 bits per heavy atom. The molecule has 1 aliphatic rings. The summed E-state index contributed by atoms with van der Waals surface area (Å²) in [5.74, 6) is -0.482. The molecule has 1 N–H and O–H groups in total. The number of halogens is 8. The Hall–Kier alpha value is -2.87. The van der Waals surface area contributed by atoms with Crippen molar-refractivity contribution in [2.45, 2.75) is 49.7 Å². The smallest absolute Gasteiger partial charge is 0.393 e. The maximum Gasteiger partial charge on any atom is 0.416 e. The van der Waals surface area contributed by atoms with Gasteiger partial charge in [-0.05, 0) is 72.8 Å². The molecule has 6 nitrogen and oxygen atoms in total. The van der Waals surface area contributed by atoms with Crippen molar-refractivity contribution in [1.29, 1.82) is 0 Å². The summed E-state index contributed by atoms with van der Waals surface area (Å²) < 4.78 is 91.2. The van der Waals surface area contributed by atoms with Gasteiger partial charge in [0, 0.05) is 26.1 Å². The van der Waals surface area contributed by atoms with Gasteiger partial charge in [0.2, 0.25) is 0 Å². The number of rotatable bonds is 14. The first kappa shape index (κ1) is 37.9. The summed E-state index contributed by atoms with van der Waals surface area (Å²) in [6.45, 7) is 1.27. The number of benzene rings is 3. The van der Waals surface area contributed by atoms with Gasteiger partial charge in [-0.3, -0.25) is 0 Å². The third-order valence-corrected chi connectivity index (χ3v) is 8.94. The Balaban J connectivity index is 1.54. The van der Waals surface area contributed by atoms with Crippen LogP contribution in [0.2, 0.25) is 10.0 Å². The maximum absolute atomic E-state index is 13.4. The number of alkyl halides is 6. The van der Waals surface area contributed by atoms with Gasteiger partial charge in [0.25, 0.3) is 0 Å². The summed E-state index contributed by atoms with van der Waals surface area (Å²) in [6.07, 6.45) is -8.45. The van der Waals surface area contributed by atoms with Crippen LogP contribution < -0.4 is 0 Å². The number of hydrogen-bond donors (Lipinski definition) is 1. The highest BCUT2D eigenvalue weighted by atomic mass is 35.5. The zero-order valence-corrected chi connectivity index (χ0v) is 27.6. The summed E-state index contributed by atoms with van der Waals surface area (Å²) in [6, 6.07) is 15.9. The van der Waals surface area contributed by atoms with E-state index in [1.54, 1.807) is 18.2 Å². The van der Waals surface area contributed by atoms with Crippen LogP contribution in [0.1, 0.15) is 53.0 Å². The number of likely N-dealkylation sites (tertiary alicyclic amines) is 1. The van der Waals surface area contributed by atoms with Crippen molar-refractivity contribution >= 4 is 28.9 Å². The number of oxime groups is 1. The molecule has 1 aliphatic heterocycles. The Morgan fingerprint density at radius 3 is 2.12 bits per heavy atom. The highest BCUT2D eigenvalue weighted by molar-refractivity contribution is 6.42. The summed E-state index contributed by atoms with van der Waals surface area (Å²) in [7, 11) is 1.48. The minimum Gasteiger partial charge on any atom is -0.393 e. The summed E-state index contributed by atoms with van der Waals surface area (Å²) in [4.78, 5) is 7.67. The number of methoxy groups -OCH3 is 1. The van der Waals surface area contributed by atoms with Crippen LogP contribution in [-0.2, 0) is 38.9 Å². The predicted molar refractivity (Wildman–Crippen MR) is 171 cm³/mol. The second-order valence-corrected chi connectivity index (χ2v) is 12.4. The molecule has 14 heteroatoms. The molecule has 1 unspecified atom stereocenters. The van der Waals surface area contributed by atoms with Crippen molar-refractivity contribution in [3.05, 3.63) is 105 Å². The van der Waals surface area contributed by atoms with E-state index in [1.807, 2.05) is 30.3 Å². The largest absolute Gasteiger partial charge is 0.416 e. The second kappa shape index (κ2) is 16.7. The lowest BCUT2D eigenvalue weighted by atomic mass is 9.84. The Labute approximate surface area is 285 Å². The molecule has 4 rings (SSSR count). The van der Waals surface area contributed by atoms with E-state index in [0.29, 0.717) is 67.3 Å². The average Bonchev–Trinajstić information content (AvgIpc) is 3.04. The van der Waals surface area contributed by atoms with Gasteiger partial charge >= 0.3 is 12.4 Å². The molecule has 48 heavy (non-hydrogen) atoms. The highest BCUT2D eigenvalue weighted by Gasteiger charge is 2.37. The van der Waals surface area contributed by atoms with E-state index in [2.05, 4.69) is 10.1 Å². The topological polar surface area (TPSA) is 63.5 Å². The molecule has 0 spiro atoms. The third-order valence-electron chi connectivity index (χ3n) is 8.20. The van der Waals surface area contributed by atoms with Gasteiger partial charge in [-0.25, -0.2) is 0 Å². The maximum atomic E-state index is 13.4. The molecule has 0 bridgehead atoms. The summed E-state index contributed by atoms with van der Waals surface area (Å²) in [5.41, 5.74) is -2.19. The van der Waals surface area contributed by atoms with E-state index in [4.69, 9.17) is 37.5 Å². The van der Waals surface area contributed by atoms with Crippen LogP contribution in [0.15, 0.2) is 71.9 Å². The average molecular weight is 722 g/mol. The van der Waals surface area contributed by atoms with Crippen LogP contribution in [-0.4, -0.2) is 62.3 Å². The number of aliphatic hydroxyl groups is 1. The van der Waals surface area contributed by atoms with Crippen LogP contribution in [0.5, 0.6) is 0 Å². The van der Waals surface area contributed by atoms with Crippen molar-refractivity contribution < 1.29 is 45.8 Å². The molecule has 1 fully saturated rings. The molecule has 0 aliphatic carbocycles. The van der Waals surface area contributed by atoms with Crippen molar-refractivity contribution in [3.8, 4) is 0 Å². The fraction of sp³-hybridized carbons (Fsp3) is 0.441. The third kappa shape index (κ3) is 10.6. The minimum atomic E-state index is -4.98. The quantitative estimate of drug-likeness (QED) is 0.0782. The van der Waals surface area contributed by atoms with E-state index >= 15 is 0 Å². The van der Waals surface area contributed by atoms with Gasteiger partial charge in [0.05, 0.1) is 52.3 Å². The van der Waals surface area contributed by atoms with Crippen LogP contribution in [0.4, 0.5) is 26.3 Å². The number of ether oxygens (including phenoxy) is 2. The number of hydrogen-bond acceptors (Lipinski definition) is 6. The lowest BCUT2D eigenvalue weighted by Crippen LogP contribution is -2.43. The molecule has 262 valence electrons. The SMILES string of the molecule is COCCO/N=C(\COCc1cc(C(F)(F)F)cc(C(F)(F)F)c1)C(CCN1CCC(O)(c2ccccc2)CC1)c1ccc(Cl)c(Cl)c1. The predicted octanol–water partition coefficient (Wildman–Crippen LogP) is 8.72. The van der Waals surface area contributed by atoms with E-state index < -0.39 is 41.6 Å². The van der Waals surface area contributed by atoms with Gasteiger partial charge in [-0.1, -0.05) is 64.8 Å². The second-order valence-electron chi connectivity index (χ2n) is 11.6. The van der Waals surface area contributed by atoms with Gasteiger partial charge in [0.1, 0.15) is 6.61 Å². The van der Waals surface area contributed by atoms with Gasteiger partial charge < -0.3 is 24.3 Å². The van der Waals surface area contributed by atoms with Crippen LogP contribution in [0.3, 0.4) is 0 Å². The zero-order valence-electron chi connectivity index (χ0n) is 26.1. The number of piperidine rings is 1. The normalized spacial score (nSPS) is 16.6. The Morgan fingerprint density at radius 1 is 0.896 bits per heavy atom. The zero-order chi connectivity index (χ0) is 35.0. The molecule has 1 atom stereocenters. The monoisotopic (exact) mass is 720 g/mol. The summed E-state index contributed by atoms with van der Waals surface area (Å²) in [5, 5.41) is 16.2. The highest BCUT2D eigenvalue weighted by Crippen LogP contribution is 2.37. The fourth-order valence-electron chi connectivity index (χ4n) is 5.57. The molecular weight excluding hydrogens is 685 g/mol. The molecule has 3 aromatic carbocycles. The molecule has 1 saturated heterocycles. The standard InChI is InChI=1S/C34H36Cl2F6N2O4/c1-46-15-16-48-43-31(22-47-21-23-17-26(33(37,38)39)20-27(18-23)34(40,41)42)28(24-7-8-29(35)30(36)19-24)9-12-44-13-10-32(45,11-14-44)25-5-3-2-4-6-25/h2-8,17-20,28,45H,9-16,21-22H2,1H3/b43-31+. The molecule has 3 aromatic rings. The summed E-state index contributed by atoms with van der Waals surface area (Å²) >= 11 is 12.5. The van der Waals surface area contributed by atoms with Gasteiger partial charge in [-0.2, -0.15) is 26.3 Å². The molecule has 0 radical (unpaired) electrons. The first-order chi connectivity index (χ1) is 22.7. The first-order valence-electron chi connectivity index (χ1n) is 15.2. The minimum absolute atomic E-state index is 0.0710. The lowest BCUT2D eigenvalue weighted by molar-refractivity contribution is -0.143. The first-order valence-corrected chi connectivity index (χ1v) is 15.9. The molecule has 1 heterocycles. The molecular formula is C34H36Cl2F6N2O4. The lowest BCUT2D eigenvalue weighted by Gasteiger charge is -2.39. The Kier molecular flexibility index (Phi) is 13.2. The number of nitrogens with zero attached hydrogens (tertiary/aromatic N) is 2. The van der Waals surface area contributed by atoms with Crippen LogP contribution in [0, 0.1) is 0 Å². The van der Waals surface area contributed by atoms with Crippen molar-refractivity contribution in [2.75, 3.05) is 46.6 Å². The van der Waals surface area contributed by atoms with Crippen molar-refractivity contribution in [1.82, 2.24) is 4.90 Å². The molecule has 0 aromatic heterocycles. The molecule has 0 saturated carbocycles. The van der Waals surface area contributed by atoms with Gasteiger partial charge in [0.15, 0.2) is 0 Å². The van der Waals surface area contributed by atoms with E-state index in [9.17, 15) is 31.4 Å². The van der Waals surface area contributed by atoms with E-state index in [1.165, 1.54) is 7.11 Å². The Bertz CT molecular complexity index is 1480. The van der Waals surface area contributed by atoms with Crippen molar-refractivity contribution in [3.63, 3.8) is 0 Å². The van der Waals surface area contributed by atoms with E-state index in [0.717, 1.165) is 5.56 Å². The van der Waals surface area contributed by atoms with Crippen LogP contribution >= 0.6 is 23.2 Å². The fourth-order valence-corrected chi connectivity index (χ4v) is 5.87. The van der Waals surface area contributed by atoms with Crippen molar-refractivity contribution in [2.24, 2.45) is 5.16 Å². The van der Waals surface area contributed by atoms with E-state index in [-0.39, 0.29) is 36.5 Å².